The van der Waals surface area contributed by atoms with Crippen LogP contribution in [0.4, 0.5) is 17.5 Å². The molecule has 4 rings (SSSR count). The fraction of sp³-hybridized carbons (Fsp3) is 0.217. The van der Waals surface area contributed by atoms with Crippen LogP contribution in [0.25, 0.3) is 0 Å². The van der Waals surface area contributed by atoms with E-state index in [2.05, 4.69) is 15.3 Å². The van der Waals surface area contributed by atoms with E-state index in [1.807, 2.05) is 0 Å². The van der Waals surface area contributed by atoms with E-state index < -0.39 is 23.6 Å². The second-order valence-electron chi connectivity index (χ2n) is 7.37. The lowest BCUT2D eigenvalue weighted by Gasteiger charge is -2.22. The molecule has 0 saturated carbocycles. The Kier molecular flexibility index (Phi) is 7.04. The Hall–Kier alpha value is -4.38. The molecule has 34 heavy (non-hydrogen) atoms. The highest BCUT2D eigenvalue weighted by atomic mass is 16.6. The molecule has 1 aliphatic rings. The van der Waals surface area contributed by atoms with Gasteiger partial charge in [0, 0.05) is 0 Å². The summed E-state index contributed by atoms with van der Waals surface area (Å²) in [6.45, 7) is -0.0781. The van der Waals surface area contributed by atoms with Crippen LogP contribution in [0.1, 0.15) is 20.7 Å². The summed E-state index contributed by atoms with van der Waals surface area (Å²) in [4.78, 5) is 44.9. The van der Waals surface area contributed by atoms with Gasteiger partial charge in [-0.05, 0) is 24.3 Å². The second-order valence-corrected chi connectivity index (χ2v) is 7.37. The second kappa shape index (κ2) is 10.5. The van der Waals surface area contributed by atoms with Gasteiger partial charge in [-0.2, -0.15) is 4.98 Å². The van der Waals surface area contributed by atoms with Crippen LogP contribution < -0.4 is 21.5 Å². The minimum absolute atomic E-state index is 0.0215. The number of aromatic nitrogens is 2. The summed E-state index contributed by atoms with van der Waals surface area (Å²) in [6.07, 6.45) is -0.774. The zero-order chi connectivity index (χ0) is 23.9. The third-order valence-corrected chi connectivity index (χ3v) is 4.95. The summed E-state index contributed by atoms with van der Waals surface area (Å²) in [5.41, 5.74) is 6.31. The number of benzene rings is 2. The van der Waals surface area contributed by atoms with Gasteiger partial charge < -0.3 is 30.2 Å². The van der Waals surface area contributed by atoms with Crippen molar-refractivity contribution >= 4 is 29.4 Å². The van der Waals surface area contributed by atoms with Crippen molar-refractivity contribution in [3.63, 3.8) is 0 Å². The third kappa shape index (κ3) is 5.51. The number of hydrogen-bond acceptors (Lipinski definition) is 10. The minimum atomic E-state index is -0.774. The molecule has 0 spiro atoms. The van der Waals surface area contributed by atoms with E-state index in [4.69, 9.17) is 19.9 Å². The van der Waals surface area contributed by atoms with Crippen LogP contribution in [0.15, 0.2) is 65.5 Å². The Balaban J connectivity index is 1.40. The zero-order valence-corrected chi connectivity index (χ0v) is 18.1. The normalized spacial score (nSPS) is 12.2. The van der Waals surface area contributed by atoms with Gasteiger partial charge in [-0.1, -0.05) is 36.4 Å². The maximum Gasteiger partial charge on any atom is 0.338 e. The summed E-state index contributed by atoms with van der Waals surface area (Å²) in [7, 11) is 0. The first-order valence-electron chi connectivity index (χ1n) is 10.5. The summed E-state index contributed by atoms with van der Waals surface area (Å²) in [6, 6.07) is 17.0. The summed E-state index contributed by atoms with van der Waals surface area (Å²) in [5.74, 6) is -0.749. The van der Waals surface area contributed by atoms with E-state index in [9.17, 15) is 14.4 Å². The maximum absolute atomic E-state index is 12.3. The van der Waals surface area contributed by atoms with Crippen molar-refractivity contribution in [3.8, 4) is 0 Å². The predicted molar refractivity (Wildman–Crippen MR) is 123 cm³/mol. The lowest BCUT2D eigenvalue weighted by atomic mass is 10.2. The van der Waals surface area contributed by atoms with E-state index in [0.717, 1.165) is 0 Å². The lowest BCUT2D eigenvalue weighted by molar-refractivity contribution is -0.0394. The molecule has 176 valence electrons. The smallest absolute Gasteiger partial charge is 0.338 e. The number of esters is 2. The van der Waals surface area contributed by atoms with Gasteiger partial charge in [-0.3, -0.25) is 9.78 Å². The summed E-state index contributed by atoms with van der Waals surface area (Å²) in [5, 5.41) is 2.93. The monoisotopic (exact) mass is 465 g/mol. The third-order valence-electron chi connectivity index (χ3n) is 4.95. The number of ether oxygens (including phenoxy) is 3. The molecule has 4 N–H and O–H groups in total. The van der Waals surface area contributed by atoms with Gasteiger partial charge in [0.25, 0.3) is 5.56 Å². The average Bonchev–Trinajstić information content (AvgIpc) is 3.27. The van der Waals surface area contributed by atoms with Gasteiger partial charge in [0.05, 0.1) is 17.8 Å². The highest BCUT2D eigenvalue weighted by Crippen LogP contribution is 2.25. The lowest BCUT2D eigenvalue weighted by Crippen LogP contribution is -2.35. The molecule has 0 atom stereocenters. The van der Waals surface area contributed by atoms with Crippen molar-refractivity contribution in [1.29, 1.82) is 0 Å². The van der Waals surface area contributed by atoms with E-state index in [-0.39, 0.29) is 38.2 Å². The summed E-state index contributed by atoms with van der Waals surface area (Å²) >= 11 is 0. The topological polar surface area (TPSA) is 149 Å². The molecule has 0 aliphatic carbocycles. The quantitative estimate of drug-likeness (QED) is 0.398. The van der Waals surface area contributed by atoms with Gasteiger partial charge in [0.15, 0.2) is 5.82 Å². The number of hydrogen-bond donors (Lipinski definition) is 3. The molecule has 2 aromatic carbocycles. The number of nitrogens with zero attached hydrogens (tertiary/aromatic N) is 2. The van der Waals surface area contributed by atoms with Gasteiger partial charge in [0.2, 0.25) is 5.95 Å². The number of carbonyl (C=O) groups excluding carboxylic acids is 2. The Morgan fingerprint density at radius 1 is 0.971 bits per heavy atom. The van der Waals surface area contributed by atoms with Gasteiger partial charge in [-0.25, -0.2) is 9.59 Å². The fourth-order valence-electron chi connectivity index (χ4n) is 3.21. The Morgan fingerprint density at radius 3 is 2.09 bits per heavy atom. The number of anilines is 3. The van der Waals surface area contributed by atoms with Crippen LogP contribution in [0.3, 0.4) is 0 Å². The van der Waals surface area contributed by atoms with Crippen LogP contribution in [0.2, 0.25) is 0 Å². The molecule has 0 amide bonds. The number of rotatable bonds is 9. The average molecular weight is 465 g/mol. The number of aromatic amines is 1. The molecule has 1 aliphatic heterocycles. The van der Waals surface area contributed by atoms with E-state index in [1.54, 1.807) is 65.6 Å². The number of nitrogens with two attached hydrogens (primary N) is 1. The highest BCUT2D eigenvalue weighted by molar-refractivity contribution is 5.89. The van der Waals surface area contributed by atoms with Crippen LogP contribution in [0.5, 0.6) is 0 Å². The minimum Gasteiger partial charge on any atom is -0.459 e. The zero-order valence-electron chi connectivity index (χ0n) is 18.1. The molecule has 3 aromatic rings. The maximum atomic E-state index is 12.3. The standard InChI is InChI=1S/C23H23N5O6/c24-23-26-19-18(20(29)27-23)25-13-28(19)14-34-17(11-32-21(30)15-7-3-1-4-8-15)12-33-22(31)16-9-5-2-6-10-16/h1-10,17,25H,11-14H2,(H3,24,26,27,29). The first-order valence-corrected chi connectivity index (χ1v) is 10.5. The van der Waals surface area contributed by atoms with Crippen LogP contribution in [-0.4, -0.2) is 54.6 Å². The number of nitrogens with one attached hydrogen (secondary N) is 2. The van der Waals surface area contributed by atoms with Crippen molar-refractivity contribution in [2.75, 3.05) is 42.6 Å². The molecule has 11 heteroatoms. The SMILES string of the molecule is Nc1nc2c(c(=O)[nH]1)NCN2COC(COC(=O)c1ccccc1)COC(=O)c1ccccc1. The van der Waals surface area contributed by atoms with Crippen molar-refractivity contribution in [2.45, 2.75) is 6.10 Å². The number of fused-ring (bicyclic) bond motifs is 1. The number of H-pyrrole nitrogens is 1. The van der Waals surface area contributed by atoms with Crippen molar-refractivity contribution < 1.29 is 23.8 Å². The van der Waals surface area contributed by atoms with E-state index in [0.29, 0.717) is 16.9 Å². The van der Waals surface area contributed by atoms with Crippen molar-refractivity contribution in [1.82, 2.24) is 9.97 Å². The van der Waals surface area contributed by atoms with Crippen molar-refractivity contribution in [3.05, 3.63) is 82.1 Å². The molecule has 0 radical (unpaired) electrons. The van der Waals surface area contributed by atoms with Gasteiger partial charge in [0.1, 0.15) is 31.7 Å². The molecule has 0 bridgehead atoms. The van der Waals surface area contributed by atoms with Crippen molar-refractivity contribution in [2.24, 2.45) is 0 Å². The van der Waals surface area contributed by atoms with Crippen LogP contribution in [-0.2, 0) is 14.2 Å². The fourth-order valence-corrected chi connectivity index (χ4v) is 3.21. The Bertz CT molecular complexity index is 1150. The van der Waals surface area contributed by atoms with Gasteiger partial charge in [-0.15, -0.1) is 0 Å². The first-order chi connectivity index (χ1) is 16.5. The van der Waals surface area contributed by atoms with Crippen LogP contribution in [0, 0.1) is 0 Å². The molecular weight excluding hydrogens is 442 g/mol. The molecule has 0 fully saturated rings. The number of nitrogen functional groups attached to an aromatic ring is 1. The highest BCUT2D eigenvalue weighted by Gasteiger charge is 2.26. The molecule has 11 nitrogen and oxygen atoms in total. The molecule has 1 aromatic heterocycles. The van der Waals surface area contributed by atoms with Gasteiger partial charge >= 0.3 is 11.9 Å². The summed E-state index contributed by atoms with van der Waals surface area (Å²) < 4.78 is 16.6. The van der Waals surface area contributed by atoms with E-state index in [1.165, 1.54) is 0 Å². The predicted octanol–water partition coefficient (Wildman–Crippen LogP) is 1.60. The molecule has 0 unspecified atom stereocenters. The van der Waals surface area contributed by atoms with Crippen LogP contribution >= 0.6 is 0 Å². The molecule has 0 saturated heterocycles. The molecular formula is C23H23N5O6. The van der Waals surface area contributed by atoms with E-state index >= 15 is 0 Å². The Morgan fingerprint density at radius 2 is 1.53 bits per heavy atom. The molecule has 2 heterocycles. The Labute approximate surface area is 194 Å². The first kappa shape index (κ1) is 22.8. The number of carbonyl (C=O) groups is 2. The largest absolute Gasteiger partial charge is 0.459 e.